The molecule has 7 nitrogen and oxygen atoms in total. The number of carbonyl (C=O) groups is 1. The largest absolute Gasteiger partial charge is 0.300 e. The third kappa shape index (κ3) is 5.74. The number of carbonyl (C=O) groups excluding carboxylic acids is 1. The molecule has 2 aromatic rings. The van der Waals surface area contributed by atoms with Crippen LogP contribution in [0.15, 0.2) is 58.6 Å². The number of fused-ring (bicyclic) bond motifs is 2. The molecule has 1 unspecified atom stereocenters. The predicted molar refractivity (Wildman–Crippen MR) is 157 cm³/mol. The maximum absolute atomic E-state index is 13.0. The lowest BCUT2D eigenvalue weighted by atomic mass is 9.81. The first-order chi connectivity index (χ1) is 18.9. The molecule has 0 amide bonds. The zero-order valence-corrected chi connectivity index (χ0v) is 23.5. The lowest BCUT2D eigenvalue weighted by Crippen LogP contribution is -2.52. The molecule has 0 aromatic carbocycles. The molecule has 0 saturated heterocycles. The van der Waals surface area contributed by atoms with E-state index in [4.69, 9.17) is 4.98 Å². The lowest BCUT2D eigenvalue weighted by Gasteiger charge is -2.39. The second kappa shape index (κ2) is 11.7. The van der Waals surface area contributed by atoms with Gasteiger partial charge in [0.15, 0.2) is 11.6 Å². The number of nitrogens with zero attached hydrogens (tertiary/aromatic N) is 4. The molecule has 204 valence electrons. The first kappa shape index (κ1) is 27.0. The number of aromatic nitrogens is 3. The van der Waals surface area contributed by atoms with Crippen LogP contribution < -0.4 is 11.0 Å². The predicted octanol–water partition coefficient (Wildman–Crippen LogP) is 5.67. The molecular formula is C32H39N5O2. The molecule has 1 fully saturated rings. The summed E-state index contributed by atoms with van der Waals surface area (Å²) < 4.78 is 1.48. The smallest absolute Gasteiger partial charge is 0.273 e. The van der Waals surface area contributed by atoms with Gasteiger partial charge in [0.2, 0.25) is 0 Å². The molecule has 2 aromatic heterocycles. The number of Topliss-reactive ketones (excluding diaryl/α,β-unsaturated/α-hetero) is 1. The van der Waals surface area contributed by atoms with Gasteiger partial charge in [-0.05, 0) is 68.9 Å². The molecule has 5 rings (SSSR count). The van der Waals surface area contributed by atoms with Crippen LogP contribution in [0.3, 0.4) is 0 Å². The number of rotatable bonds is 8. The highest BCUT2D eigenvalue weighted by atomic mass is 16.1. The first-order valence-electron chi connectivity index (χ1n) is 14.2. The van der Waals surface area contributed by atoms with E-state index in [9.17, 15) is 9.59 Å². The highest BCUT2D eigenvalue weighted by Crippen LogP contribution is 2.30. The third-order valence-corrected chi connectivity index (χ3v) is 8.07. The molecule has 7 heteroatoms. The van der Waals surface area contributed by atoms with Crippen molar-refractivity contribution in [2.24, 2.45) is 5.92 Å². The van der Waals surface area contributed by atoms with Crippen molar-refractivity contribution in [3.8, 4) is 0 Å². The molecule has 0 spiro atoms. The van der Waals surface area contributed by atoms with E-state index in [1.54, 1.807) is 0 Å². The molecular weight excluding hydrogens is 486 g/mol. The molecule has 1 atom stereocenters. The van der Waals surface area contributed by atoms with Crippen molar-refractivity contribution in [1.82, 2.24) is 19.5 Å². The van der Waals surface area contributed by atoms with Crippen molar-refractivity contribution in [2.75, 3.05) is 12.0 Å². The Bertz CT molecular complexity index is 1440. The Morgan fingerprint density at radius 3 is 2.77 bits per heavy atom. The fraction of sp³-hybridized carbons (Fsp3) is 0.438. The first-order valence-corrected chi connectivity index (χ1v) is 14.2. The molecule has 0 bridgehead atoms. The van der Waals surface area contributed by atoms with Gasteiger partial charge < -0.3 is 0 Å². The Labute approximate surface area is 231 Å². The molecule has 1 N–H and O–H groups in total. The third-order valence-electron chi connectivity index (χ3n) is 8.07. The van der Waals surface area contributed by atoms with Crippen LogP contribution in [0.25, 0.3) is 11.6 Å². The van der Waals surface area contributed by atoms with Gasteiger partial charge in [0, 0.05) is 48.9 Å². The monoisotopic (exact) mass is 525 g/mol. The van der Waals surface area contributed by atoms with Gasteiger partial charge in [0.05, 0.1) is 0 Å². The normalized spacial score (nSPS) is 20.2. The highest BCUT2D eigenvalue weighted by molar-refractivity contribution is 5.96. The number of nitrogens with one attached hydrogen (secondary N) is 1. The fourth-order valence-electron chi connectivity index (χ4n) is 5.46. The van der Waals surface area contributed by atoms with Gasteiger partial charge in [0.1, 0.15) is 11.9 Å². The molecule has 1 aliphatic carbocycles. The van der Waals surface area contributed by atoms with Crippen LogP contribution >= 0.6 is 0 Å². The van der Waals surface area contributed by atoms with E-state index in [0.717, 1.165) is 74.0 Å². The van der Waals surface area contributed by atoms with E-state index in [1.165, 1.54) is 21.9 Å². The van der Waals surface area contributed by atoms with Crippen molar-refractivity contribution >= 4 is 17.4 Å². The average molecular weight is 526 g/mol. The second-order valence-electron chi connectivity index (χ2n) is 10.9. The standard InChI is InChI=1S/C32H39N5O2/c1-5-7-9-21(3)12-13-23(6-2)25-17-26-20-36(15-14-27(26)33-19-25)32-22(4)16-29-34-28(18-30(38)37(29)35-32)31(39)24-10-8-11-24/h6,9,12-13,16-19,24,32,35H,5,7-8,10-11,14-15,20H2,1-4H3/b13-12-,21-9+,23-6+. The van der Waals surface area contributed by atoms with Crippen molar-refractivity contribution in [3.05, 3.63) is 92.5 Å². The van der Waals surface area contributed by atoms with Crippen molar-refractivity contribution < 1.29 is 4.79 Å². The van der Waals surface area contributed by atoms with E-state index in [2.05, 4.69) is 73.4 Å². The minimum atomic E-state index is -0.245. The van der Waals surface area contributed by atoms with Crippen LogP contribution in [0.2, 0.25) is 0 Å². The van der Waals surface area contributed by atoms with Crippen molar-refractivity contribution in [2.45, 2.75) is 78.9 Å². The SMILES string of the molecule is C\C=C(/C=C\C(C)=C\CCC)c1cnc2c(c1)CN(C1Nn3c(nc(C(=O)C4CCC4)cc3=O)C=C1C)CC2. The van der Waals surface area contributed by atoms with Crippen molar-refractivity contribution in [1.29, 1.82) is 0 Å². The highest BCUT2D eigenvalue weighted by Gasteiger charge is 2.31. The van der Waals surface area contributed by atoms with Crippen LogP contribution in [0.4, 0.5) is 0 Å². The maximum Gasteiger partial charge on any atom is 0.273 e. The number of unbranched alkanes of at least 4 members (excludes halogenated alkanes) is 1. The van der Waals surface area contributed by atoms with Crippen LogP contribution in [0, 0.1) is 5.92 Å². The Morgan fingerprint density at radius 1 is 1.23 bits per heavy atom. The summed E-state index contributed by atoms with van der Waals surface area (Å²) in [6, 6.07) is 3.64. The summed E-state index contributed by atoms with van der Waals surface area (Å²) >= 11 is 0. The number of pyridine rings is 1. The lowest BCUT2D eigenvalue weighted by molar-refractivity contribution is 0.0849. The van der Waals surface area contributed by atoms with Crippen molar-refractivity contribution in [3.63, 3.8) is 0 Å². The number of allylic oxidation sites excluding steroid dienone is 6. The Morgan fingerprint density at radius 2 is 2.05 bits per heavy atom. The zero-order valence-electron chi connectivity index (χ0n) is 23.5. The summed E-state index contributed by atoms with van der Waals surface area (Å²) in [5.74, 6) is 0.503. The Kier molecular flexibility index (Phi) is 8.07. The molecule has 4 heterocycles. The Balaban J connectivity index is 1.34. The Hall–Kier alpha value is -3.58. The minimum Gasteiger partial charge on any atom is -0.300 e. The second-order valence-corrected chi connectivity index (χ2v) is 10.9. The van der Waals surface area contributed by atoms with Gasteiger partial charge in [-0.2, -0.15) is 0 Å². The van der Waals surface area contributed by atoms with Gasteiger partial charge in [-0.25, -0.2) is 9.66 Å². The summed E-state index contributed by atoms with van der Waals surface area (Å²) in [6.07, 6.45) is 18.4. The summed E-state index contributed by atoms with van der Waals surface area (Å²) in [6.45, 7) is 10.00. The molecule has 3 aliphatic rings. The molecule has 0 radical (unpaired) electrons. The van der Waals surface area contributed by atoms with E-state index < -0.39 is 0 Å². The van der Waals surface area contributed by atoms with E-state index in [1.807, 2.05) is 12.3 Å². The molecule has 39 heavy (non-hydrogen) atoms. The van der Waals surface area contributed by atoms with Gasteiger partial charge in [-0.1, -0.05) is 49.6 Å². The topological polar surface area (TPSA) is 80.1 Å². The van der Waals surface area contributed by atoms with E-state index >= 15 is 0 Å². The zero-order chi connectivity index (χ0) is 27.5. The maximum atomic E-state index is 13.0. The number of hydrogen-bond donors (Lipinski definition) is 1. The number of hydrogen-bond acceptors (Lipinski definition) is 6. The summed E-state index contributed by atoms with van der Waals surface area (Å²) in [7, 11) is 0. The average Bonchev–Trinajstić information content (AvgIpc) is 2.90. The van der Waals surface area contributed by atoms with Crippen LogP contribution in [-0.2, 0) is 13.0 Å². The minimum absolute atomic E-state index is 0.00615. The van der Waals surface area contributed by atoms with Gasteiger partial charge >= 0.3 is 0 Å². The van der Waals surface area contributed by atoms with Crippen LogP contribution in [0.1, 0.15) is 92.9 Å². The van der Waals surface area contributed by atoms with Crippen LogP contribution in [-0.4, -0.2) is 38.0 Å². The van der Waals surface area contributed by atoms with Crippen LogP contribution in [0.5, 0.6) is 0 Å². The van der Waals surface area contributed by atoms with Gasteiger partial charge in [-0.3, -0.25) is 24.9 Å². The quantitative estimate of drug-likeness (QED) is 0.353. The van der Waals surface area contributed by atoms with Gasteiger partial charge in [-0.15, -0.1) is 0 Å². The summed E-state index contributed by atoms with van der Waals surface area (Å²) in [4.78, 5) is 37.4. The molecule has 1 saturated carbocycles. The summed E-state index contributed by atoms with van der Waals surface area (Å²) in [5, 5.41) is 0. The van der Waals surface area contributed by atoms with E-state index in [-0.39, 0.29) is 29.1 Å². The van der Waals surface area contributed by atoms with E-state index in [0.29, 0.717) is 5.82 Å². The summed E-state index contributed by atoms with van der Waals surface area (Å²) in [5.41, 5.74) is 10.3. The fourth-order valence-corrected chi connectivity index (χ4v) is 5.46. The van der Waals surface area contributed by atoms with Gasteiger partial charge in [0.25, 0.3) is 5.56 Å². The molecule has 2 aliphatic heterocycles. The number of ketones is 1.